The molecule has 128 valence electrons. The Morgan fingerprint density at radius 2 is 1.91 bits per heavy atom. The van der Waals surface area contributed by atoms with Crippen molar-refractivity contribution in [3.63, 3.8) is 0 Å². The molecule has 1 saturated heterocycles. The van der Waals surface area contributed by atoms with Gasteiger partial charge in [-0.15, -0.1) is 0 Å². The number of hydrogen-bond donors (Lipinski definition) is 1. The van der Waals surface area contributed by atoms with Gasteiger partial charge in [0.05, 0.1) is 11.6 Å². The number of amides is 1. The van der Waals surface area contributed by atoms with Gasteiger partial charge in [0, 0.05) is 12.2 Å². The number of nitrogens with zero attached hydrogens (tertiary/aromatic N) is 1. The molecule has 4 nitrogen and oxygen atoms in total. The summed E-state index contributed by atoms with van der Waals surface area (Å²) in [6.07, 6.45) is -3.70. The molecule has 1 heterocycles. The third-order valence-electron chi connectivity index (χ3n) is 3.57. The molecule has 1 aliphatic heterocycles. The summed E-state index contributed by atoms with van der Waals surface area (Å²) in [6, 6.07) is 3.00. The number of likely N-dealkylation sites (tertiary alicyclic amines) is 1. The zero-order valence-corrected chi connectivity index (χ0v) is 13.4. The predicted molar refractivity (Wildman–Crippen MR) is 80.8 cm³/mol. The Kier molecular flexibility index (Phi) is 4.50. The minimum Gasteiger partial charge on any atom is -0.444 e. The lowest BCUT2D eigenvalue weighted by Gasteiger charge is -2.29. The minimum absolute atomic E-state index is 0.0332. The fourth-order valence-corrected chi connectivity index (χ4v) is 2.68. The van der Waals surface area contributed by atoms with Gasteiger partial charge in [-0.25, -0.2) is 4.79 Å². The second-order valence-corrected chi connectivity index (χ2v) is 6.72. The van der Waals surface area contributed by atoms with E-state index in [1.807, 2.05) is 0 Å². The van der Waals surface area contributed by atoms with Gasteiger partial charge in [0.25, 0.3) is 0 Å². The summed E-state index contributed by atoms with van der Waals surface area (Å²) < 4.78 is 44.2. The molecule has 0 bridgehead atoms. The number of halogens is 3. The molecule has 0 saturated carbocycles. The Hall–Kier alpha value is -1.92. The summed E-state index contributed by atoms with van der Waals surface area (Å²) in [6.45, 7) is 5.70. The summed E-state index contributed by atoms with van der Waals surface area (Å²) in [5.41, 5.74) is 4.58. The van der Waals surface area contributed by atoms with Crippen molar-refractivity contribution in [1.82, 2.24) is 4.90 Å². The highest BCUT2D eigenvalue weighted by Crippen LogP contribution is 2.38. The van der Waals surface area contributed by atoms with Crippen LogP contribution in [0.2, 0.25) is 0 Å². The van der Waals surface area contributed by atoms with Crippen molar-refractivity contribution in [2.24, 2.45) is 0 Å². The lowest BCUT2D eigenvalue weighted by molar-refractivity contribution is -0.137. The SMILES string of the molecule is CC(C)(C)OC(=O)N1CCCC1c1cc(N)cc(C(F)(F)F)c1. The average Bonchev–Trinajstić information content (AvgIpc) is 2.84. The first-order valence-corrected chi connectivity index (χ1v) is 7.45. The number of hydrogen-bond acceptors (Lipinski definition) is 3. The van der Waals surface area contributed by atoms with Crippen LogP contribution < -0.4 is 5.73 Å². The zero-order valence-electron chi connectivity index (χ0n) is 13.4. The topological polar surface area (TPSA) is 55.6 Å². The van der Waals surface area contributed by atoms with Crippen molar-refractivity contribution in [1.29, 1.82) is 0 Å². The fourth-order valence-electron chi connectivity index (χ4n) is 2.68. The molecule has 0 aromatic heterocycles. The van der Waals surface area contributed by atoms with E-state index in [2.05, 4.69) is 0 Å². The van der Waals surface area contributed by atoms with Gasteiger partial charge in [0.2, 0.25) is 0 Å². The van der Waals surface area contributed by atoms with Crippen molar-refractivity contribution in [2.45, 2.75) is 51.4 Å². The summed E-state index contributed by atoms with van der Waals surface area (Å²) in [5.74, 6) is 0. The van der Waals surface area contributed by atoms with Crippen LogP contribution in [0, 0.1) is 0 Å². The third-order valence-corrected chi connectivity index (χ3v) is 3.57. The van der Waals surface area contributed by atoms with Gasteiger partial charge in [-0.05, 0) is 57.4 Å². The highest BCUT2D eigenvalue weighted by Gasteiger charge is 2.36. The van der Waals surface area contributed by atoms with Crippen LogP contribution in [0.15, 0.2) is 18.2 Å². The molecule has 0 spiro atoms. The quantitative estimate of drug-likeness (QED) is 0.778. The number of benzene rings is 1. The number of alkyl halides is 3. The highest BCUT2D eigenvalue weighted by atomic mass is 19.4. The largest absolute Gasteiger partial charge is 0.444 e. The van der Waals surface area contributed by atoms with Crippen molar-refractivity contribution < 1.29 is 22.7 Å². The Morgan fingerprint density at radius 1 is 1.26 bits per heavy atom. The van der Waals surface area contributed by atoms with Crippen LogP contribution in [0.25, 0.3) is 0 Å². The van der Waals surface area contributed by atoms with Crippen LogP contribution in [0.1, 0.15) is 50.8 Å². The average molecular weight is 330 g/mol. The molecule has 0 aliphatic carbocycles. The van der Waals surface area contributed by atoms with Crippen LogP contribution in [-0.2, 0) is 10.9 Å². The first-order chi connectivity index (χ1) is 10.5. The maximum atomic E-state index is 13.0. The van der Waals surface area contributed by atoms with Gasteiger partial charge < -0.3 is 15.4 Å². The summed E-state index contributed by atoms with van der Waals surface area (Å²) in [7, 11) is 0. The number of rotatable bonds is 1. The Labute approximate surface area is 133 Å². The number of carbonyl (C=O) groups is 1. The molecule has 0 radical (unpaired) electrons. The maximum Gasteiger partial charge on any atom is 0.416 e. The molecular formula is C16H21F3N2O2. The summed E-state index contributed by atoms with van der Waals surface area (Å²) in [5, 5.41) is 0. The van der Waals surface area contributed by atoms with E-state index in [0.29, 0.717) is 24.9 Å². The molecule has 1 amide bonds. The fraction of sp³-hybridized carbons (Fsp3) is 0.562. The van der Waals surface area contributed by atoms with Crippen LogP contribution in [0.3, 0.4) is 0 Å². The predicted octanol–water partition coefficient (Wildman–Crippen LogP) is 4.36. The van der Waals surface area contributed by atoms with E-state index in [0.717, 1.165) is 12.1 Å². The van der Waals surface area contributed by atoms with Gasteiger partial charge in [0.15, 0.2) is 0 Å². The third kappa shape index (κ3) is 4.30. The van der Waals surface area contributed by atoms with Crippen LogP contribution in [0.4, 0.5) is 23.7 Å². The minimum atomic E-state index is -4.47. The lowest BCUT2D eigenvalue weighted by Crippen LogP contribution is -2.36. The molecular weight excluding hydrogens is 309 g/mol. The van der Waals surface area contributed by atoms with E-state index in [-0.39, 0.29) is 5.69 Å². The normalized spacial score (nSPS) is 19.0. The van der Waals surface area contributed by atoms with Crippen molar-refractivity contribution >= 4 is 11.8 Å². The number of nitrogens with two attached hydrogens (primary N) is 1. The Morgan fingerprint density at radius 3 is 2.48 bits per heavy atom. The second-order valence-electron chi connectivity index (χ2n) is 6.72. The van der Waals surface area contributed by atoms with Crippen molar-refractivity contribution in [2.75, 3.05) is 12.3 Å². The molecule has 7 heteroatoms. The highest BCUT2D eigenvalue weighted by molar-refractivity contribution is 5.69. The second kappa shape index (κ2) is 5.94. The summed E-state index contributed by atoms with van der Waals surface area (Å²) >= 11 is 0. The molecule has 2 N–H and O–H groups in total. The van der Waals surface area contributed by atoms with Crippen molar-refractivity contribution in [3.8, 4) is 0 Å². The Balaban J connectivity index is 2.30. The van der Waals surface area contributed by atoms with E-state index in [1.54, 1.807) is 20.8 Å². The van der Waals surface area contributed by atoms with Gasteiger partial charge >= 0.3 is 12.3 Å². The van der Waals surface area contributed by atoms with Gasteiger partial charge in [-0.3, -0.25) is 0 Å². The number of ether oxygens (including phenoxy) is 1. The maximum absolute atomic E-state index is 13.0. The van der Waals surface area contributed by atoms with Gasteiger partial charge in [0.1, 0.15) is 5.60 Å². The van der Waals surface area contributed by atoms with Crippen LogP contribution in [-0.4, -0.2) is 23.1 Å². The Bertz CT molecular complexity index is 594. The number of anilines is 1. The number of carbonyl (C=O) groups excluding carboxylic acids is 1. The number of nitrogen functional groups attached to an aromatic ring is 1. The molecule has 1 aromatic rings. The smallest absolute Gasteiger partial charge is 0.416 e. The standard InChI is InChI=1S/C16H21F3N2O2/c1-15(2,3)23-14(22)21-6-4-5-13(21)10-7-11(16(17,18)19)9-12(20)8-10/h7-9,13H,4-6,20H2,1-3H3. The lowest BCUT2D eigenvalue weighted by atomic mass is 10.0. The van der Waals surface area contributed by atoms with Gasteiger partial charge in [-0.1, -0.05) is 0 Å². The van der Waals surface area contributed by atoms with E-state index in [9.17, 15) is 18.0 Å². The van der Waals surface area contributed by atoms with Gasteiger partial charge in [-0.2, -0.15) is 13.2 Å². The first kappa shape index (κ1) is 17.4. The van der Waals surface area contributed by atoms with Crippen molar-refractivity contribution in [3.05, 3.63) is 29.3 Å². The zero-order chi connectivity index (χ0) is 17.4. The molecule has 1 aliphatic rings. The van der Waals surface area contributed by atoms with Crippen LogP contribution in [0.5, 0.6) is 0 Å². The van der Waals surface area contributed by atoms with E-state index >= 15 is 0 Å². The molecule has 1 atom stereocenters. The molecule has 23 heavy (non-hydrogen) atoms. The van der Waals surface area contributed by atoms with E-state index in [1.165, 1.54) is 11.0 Å². The summed E-state index contributed by atoms with van der Waals surface area (Å²) in [4.78, 5) is 13.7. The molecule has 1 aromatic carbocycles. The van der Waals surface area contributed by atoms with E-state index in [4.69, 9.17) is 10.5 Å². The monoisotopic (exact) mass is 330 g/mol. The molecule has 2 rings (SSSR count). The van der Waals surface area contributed by atoms with Crippen LogP contribution >= 0.6 is 0 Å². The molecule has 1 unspecified atom stereocenters. The van der Waals surface area contributed by atoms with E-state index < -0.39 is 29.5 Å². The first-order valence-electron chi connectivity index (χ1n) is 7.45. The molecule has 1 fully saturated rings.